The van der Waals surface area contributed by atoms with E-state index in [0.29, 0.717) is 19.6 Å². The molecule has 2 atom stereocenters. The highest BCUT2D eigenvalue weighted by Crippen LogP contribution is 2.36. The van der Waals surface area contributed by atoms with Crippen LogP contribution in [0.25, 0.3) is 0 Å². The highest BCUT2D eigenvalue weighted by Gasteiger charge is 2.37. The molecule has 1 aromatic carbocycles. The quantitative estimate of drug-likeness (QED) is 0.624. The summed E-state index contributed by atoms with van der Waals surface area (Å²) >= 11 is 0. The number of carbonyl (C=O) groups excluding carboxylic acids is 1. The molecule has 0 unspecified atom stereocenters. The van der Waals surface area contributed by atoms with Crippen molar-refractivity contribution in [3.63, 3.8) is 0 Å². The minimum Gasteiger partial charge on any atom is -0.336 e. The number of piperidine rings is 1. The zero-order valence-corrected chi connectivity index (χ0v) is 18.2. The Morgan fingerprint density at radius 2 is 1.97 bits per heavy atom. The largest absolute Gasteiger partial charge is 0.336 e. The first-order valence-electron chi connectivity index (χ1n) is 10.4. The average molecular weight is 469 g/mol. The average Bonchev–Trinajstić information content (AvgIpc) is 2.81. The third-order valence-corrected chi connectivity index (χ3v) is 7.39. The van der Waals surface area contributed by atoms with Gasteiger partial charge in [-0.05, 0) is 42.7 Å². The van der Waals surface area contributed by atoms with E-state index < -0.39 is 21.4 Å². The van der Waals surface area contributed by atoms with Crippen LogP contribution in [-0.2, 0) is 16.6 Å². The second kappa shape index (κ2) is 8.07. The lowest BCUT2D eigenvalue weighted by molar-refractivity contribution is 0.0588. The van der Waals surface area contributed by atoms with E-state index in [1.165, 1.54) is 36.8 Å². The molecule has 0 aliphatic carbocycles. The molecule has 170 valence electrons. The summed E-state index contributed by atoms with van der Waals surface area (Å²) in [4.78, 5) is 35.5. The van der Waals surface area contributed by atoms with Gasteiger partial charge in [-0.25, -0.2) is 17.8 Å². The van der Waals surface area contributed by atoms with Gasteiger partial charge in [-0.2, -0.15) is 0 Å². The fourth-order valence-electron chi connectivity index (χ4n) is 4.60. The molecule has 33 heavy (non-hydrogen) atoms. The lowest BCUT2D eigenvalue weighted by atomic mass is 9.83. The Balaban J connectivity index is 1.41. The number of aromatic nitrogens is 3. The number of amides is 1. The number of carbonyl (C=O) groups is 1. The van der Waals surface area contributed by atoms with E-state index in [-0.39, 0.29) is 34.0 Å². The molecule has 1 saturated heterocycles. The number of nitrogens with zero attached hydrogens (tertiary/aromatic N) is 4. The number of rotatable bonds is 4. The van der Waals surface area contributed by atoms with Crippen LogP contribution in [0.15, 0.2) is 64.7 Å². The molecule has 0 saturated carbocycles. The van der Waals surface area contributed by atoms with Crippen molar-refractivity contribution < 1.29 is 17.6 Å². The number of benzene rings is 1. The molecule has 1 N–H and O–H groups in total. The molecule has 2 aliphatic heterocycles. The van der Waals surface area contributed by atoms with Crippen LogP contribution >= 0.6 is 0 Å². The zero-order valence-electron chi connectivity index (χ0n) is 17.4. The molecule has 9 nitrogen and oxygen atoms in total. The first-order valence-corrected chi connectivity index (χ1v) is 11.9. The van der Waals surface area contributed by atoms with Crippen molar-refractivity contribution in [2.45, 2.75) is 23.8 Å². The van der Waals surface area contributed by atoms with Crippen LogP contribution in [0.2, 0.25) is 0 Å². The zero-order chi connectivity index (χ0) is 23.2. The summed E-state index contributed by atoms with van der Waals surface area (Å²) < 4.78 is 42.6. The van der Waals surface area contributed by atoms with Gasteiger partial charge in [0, 0.05) is 43.6 Å². The van der Waals surface area contributed by atoms with Crippen molar-refractivity contribution in [3.8, 4) is 0 Å². The maximum absolute atomic E-state index is 13.5. The van der Waals surface area contributed by atoms with E-state index in [9.17, 15) is 22.4 Å². The third-order valence-electron chi connectivity index (χ3n) is 6.02. The summed E-state index contributed by atoms with van der Waals surface area (Å²) in [5.74, 6) is -0.897. The Kier molecular flexibility index (Phi) is 5.20. The molecule has 11 heteroatoms. The monoisotopic (exact) mass is 469 g/mol. The van der Waals surface area contributed by atoms with Gasteiger partial charge in [0.05, 0.1) is 11.1 Å². The van der Waals surface area contributed by atoms with Crippen molar-refractivity contribution in [2.24, 2.45) is 5.92 Å². The fourth-order valence-corrected chi connectivity index (χ4v) is 5.69. The minimum atomic E-state index is -4.12. The molecule has 1 amide bonds. The van der Waals surface area contributed by atoms with Crippen molar-refractivity contribution >= 4 is 21.6 Å². The molecule has 0 radical (unpaired) electrons. The lowest BCUT2D eigenvalue weighted by Crippen LogP contribution is -2.49. The van der Waals surface area contributed by atoms with Gasteiger partial charge < -0.3 is 9.47 Å². The Morgan fingerprint density at radius 3 is 2.73 bits per heavy atom. The van der Waals surface area contributed by atoms with Gasteiger partial charge in [0.25, 0.3) is 21.5 Å². The van der Waals surface area contributed by atoms with Crippen molar-refractivity contribution in [2.75, 3.05) is 17.8 Å². The van der Waals surface area contributed by atoms with Crippen molar-refractivity contribution in [1.82, 2.24) is 19.4 Å². The smallest absolute Gasteiger partial charge is 0.275 e. The maximum atomic E-state index is 13.5. The van der Waals surface area contributed by atoms with E-state index in [1.807, 2.05) is 0 Å². The van der Waals surface area contributed by atoms with Crippen LogP contribution < -0.4 is 10.3 Å². The predicted molar refractivity (Wildman–Crippen MR) is 117 cm³/mol. The first-order chi connectivity index (χ1) is 15.8. The third kappa shape index (κ3) is 3.99. The normalized spacial score (nSPS) is 19.6. The molecule has 0 spiro atoms. The van der Waals surface area contributed by atoms with Crippen molar-refractivity contribution in [3.05, 3.63) is 82.5 Å². The molecule has 4 heterocycles. The van der Waals surface area contributed by atoms with Crippen LogP contribution in [0.3, 0.4) is 0 Å². The van der Waals surface area contributed by atoms with E-state index in [4.69, 9.17) is 0 Å². The summed E-state index contributed by atoms with van der Waals surface area (Å²) in [5.41, 5.74) is 0.463. The molecule has 3 aromatic rings. The lowest BCUT2D eigenvalue weighted by Gasteiger charge is -2.42. The number of fused-ring (bicyclic) bond motifs is 4. The second-order valence-electron chi connectivity index (χ2n) is 8.25. The van der Waals surface area contributed by atoms with E-state index in [0.717, 1.165) is 24.2 Å². The molecular weight excluding hydrogens is 449 g/mol. The summed E-state index contributed by atoms with van der Waals surface area (Å²) in [5, 5.41) is 0. The first kappa shape index (κ1) is 21.3. The van der Waals surface area contributed by atoms with Crippen molar-refractivity contribution in [1.29, 1.82) is 0 Å². The SMILES string of the molecule is O=C(c1cnccn1)N1C[C@@H]2C[C@H](C1)c1ccc(NS(=O)(=O)c3cccc(F)c3)c(=O)n1C2. The summed E-state index contributed by atoms with van der Waals surface area (Å²) in [6.45, 7) is 1.27. The number of nitrogens with one attached hydrogen (secondary N) is 1. The number of sulfonamides is 1. The highest BCUT2D eigenvalue weighted by molar-refractivity contribution is 7.92. The molecule has 2 aliphatic rings. The van der Waals surface area contributed by atoms with Crippen LogP contribution in [0, 0.1) is 11.7 Å². The van der Waals surface area contributed by atoms with Crippen LogP contribution in [-0.4, -0.2) is 46.8 Å². The Hall–Kier alpha value is -3.60. The highest BCUT2D eigenvalue weighted by atomic mass is 32.2. The number of halogens is 1. The Labute approximate surface area is 189 Å². The van der Waals surface area contributed by atoms with Gasteiger partial charge >= 0.3 is 0 Å². The number of hydrogen-bond acceptors (Lipinski definition) is 6. The molecule has 5 rings (SSSR count). The van der Waals surface area contributed by atoms with Crippen LogP contribution in [0.5, 0.6) is 0 Å². The molecular formula is C22H20FN5O4S. The molecule has 2 bridgehead atoms. The van der Waals surface area contributed by atoms with E-state index in [1.54, 1.807) is 15.5 Å². The second-order valence-corrected chi connectivity index (χ2v) is 9.93. The summed E-state index contributed by atoms with van der Waals surface area (Å²) in [6, 6.07) is 7.72. The van der Waals surface area contributed by atoms with Gasteiger partial charge in [0.15, 0.2) is 0 Å². The fraction of sp³-hybridized carbons (Fsp3) is 0.273. The van der Waals surface area contributed by atoms with Gasteiger partial charge in [-0.15, -0.1) is 0 Å². The van der Waals surface area contributed by atoms with Gasteiger partial charge in [-0.3, -0.25) is 19.3 Å². The minimum absolute atomic E-state index is 0.0460. The van der Waals surface area contributed by atoms with Gasteiger partial charge in [0.1, 0.15) is 17.2 Å². The number of anilines is 1. The topological polar surface area (TPSA) is 114 Å². The molecule has 1 fully saturated rings. The standard InChI is InChI=1S/C22H20FN5O4S/c23-16-2-1-3-17(9-16)33(31,32)26-18-4-5-20-15-8-14(12-28(20)22(18)30)11-27(13-15)21(29)19-10-24-6-7-25-19/h1-7,9-10,14-15,26H,8,11-13H2/t14-,15+/m0/s1. The van der Waals surface area contributed by atoms with E-state index in [2.05, 4.69) is 14.7 Å². The van der Waals surface area contributed by atoms with Crippen LogP contribution in [0.1, 0.15) is 28.5 Å². The number of pyridine rings is 1. The number of hydrogen-bond donors (Lipinski definition) is 1. The molecule has 2 aromatic heterocycles. The Morgan fingerprint density at radius 1 is 1.12 bits per heavy atom. The van der Waals surface area contributed by atoms with E-state index >= 15 is 0 Å². The van der Waals surface area contributed by atoms with Gasteiger partial charge in [0.2, 0.25) is 0 Å². The van der Waals surface area contributed by atoms with Crippen LogP contribution in [0.4, 0.5) is 10.1 Å². The number of likely N-dealkylation sites (tertiary alicyclic amines) is 1. The summed E-state index contributed by atoms with van der Waals surface area (Å²) in [6.07, 6.45) is 5.24. The summed E-state index contributed by atoms with van der Waals surface area (Å²) in [7, 11) is -4.12. The maximum Gasteiger partial charge on any atom is 0.275 e. The predicted octanol–water partition coefficient (Wildman–Crippen LogP) is 1.84. The van der Waals surface area contributed by atoms with Gasteiger partial charge in [-0.1, -0.05) is 6.07 Å². The Bertz CT molecular complexity index is 1390.